The molecule has 1 aliphatic heterocycles. The van der Waals surface area contributed by atoms with Gasteiger partial charge in [-0.05, 0) is 59.9 Å². The van der Waals surface area contributed by atoms with Gasteiger partial charge in [-0.2, -0.15) is 5.26 Å². The Morgan fingerprint density at radius 2 is 1.82 bits per heavy atom. The van der Waals surface area contributed by atoms with Gasteiger partial charge >= 0.3 is 5.97 Å². The third-order valence-corrected chi connectivity index (χ3v) is 5.56. The molecular formula is C26H31N3O4. The van der Waals surface area contributed by atoms with E-state index in [0.717, 1.165) is 29.4 Å². The number of rotatable bonds is 10. The van der Waals surface area contributed by atoms with E-state index < -0.39 is 5.91 Å². The number of hydrogen-bond acceptors (Lipinski definition) is 6. The molecule has 2 aromatic carbocycles. The van der Waals surface area contributed by atoms with Crippen LogP contribution in [-0.2, 0) is 19.1 Å². The fraction of sp³-hybridized carbons (Fsp3) is 0.423. The lowest BCUT2D eigenvalue weighted by molar-refractivity contribution is -0.144. The number of carbonyl (C=O) groups is 2. The maximum Gasteiger partial charge on any atom is 0.305 e. The van der Waals surface area contributed by atoms with Gasteiger partial charge in [-0.1, -0.05) is 25.1 Å². The number of nitrogens with one attached hydrogen (secondary N) is 1. The summed E-state index contributed by atoms with van der Waals surface area (Å²) in [6, 6.07) is 14.4. The van der Waals surface area contributed by atoms with E-state index in [1.165, 1.54) is 24.9 Å². The van der Waals surface area contributed by atoms with Crippen LogP contribution in [0.1, 0.15) is 38.2 Å². The Labute approximate surface area is 195 Å². The Hall–Kier alpha value is -3.37. The van der Waals surface area contributed by atoms with E-state index in [4.69, 9.17) is 9.47 Å². The zero-order valence-corrected chi connectivity index (χ0v) is 19.1. The number of amides is 1. The van der Waals surface area contributed by atoms with Crippen molar-refractivity contribution in [1.29, 1.82) is 5.26 Å². The number of ether oxygens (including phenoxy) is 2. The Kier molecular flexibility index (Phi) is 9.28. The molecule has 1 amide bonds. The van der Waals surface area contributed by atoms with Crippen molar-refractivity contribution < 1.29 is 19.1 Å². The minimum Gasteiger partial charge on any atom is -0.463 e. The van der Waals surface area contributed by atoms with Crippen LogP contribution < -0.4 is 10.2 Å². The van der Waals surface area contributed by atoms with E-state index in [0.29, 0.717) is 6.42 Å². The zero-order valence-electron chi connectivity index (χ0n) is 19.1. The Morgan fingerprint density at radius 3 is 2.58 bits per heavy atom. The van der Waals surface area contributed by atoms with Gasteiger partial charge in [0.05, 0.1) is 13.2 Å². The third-order valence-electron chi connectivity index (χ3n) is 5.56. The van der Waals surface area contributed by atoms with Crippen molar-refractivity contribution in [1.82, 2.24) is 5.32 Å². The fourth-order valence-electron chi connectivity index (χ4n) is 3.76. The summed E-state index contributed by atoms with van der Waals surface area (Å²) in [7, 11) is 0. The second kappa shape index (κ2) is 12.6. The van der Waals surface area contributed by atoms with Crippen LogP contribution in [0.25, 0.3) is 16.8 Å². The number of esters is 1. The minimum absolute atomic E-state index is 0.0381. The number of nitriles is 1. The van der Waals surface area contributed by atoms with E-state index in [1.807, 2.05) is 24.3 Å². The van der Waals surface area contributed by atoms with Gasteiger partial charge in [0.25, 0.3) is 5.91 Å². The van der Waals surface area contributed by atoms with Crippen LogP contribution in [-0.4, -0.2) is 51.3 Å². The van der Waals surface area contributed by atoms with Gasteiger partial charge in [0.1, 0.15) is 18.2 Å². The van der Waals surface area contributed by atoms with Crippen molar-refractivity contribution in [3.8, 4) is 6.07 Å². The first-order chi connectivity index (χ1) is 16.1. The summed E-state index contributed by atoms with van der Waals surface area (Å²) in [5.74, 6) is -0.717. The second-order valence-corrected chi connectivity index (χ2v) is 7.95. The lowest BCUT2D eigenvalue weighted by atomic mass is 10.0. The smallest absolute Gasteiger partial charge is 0.305 e. The van der Waals surface area contributed by atoms with Crippen molar-refractivity contribution in [3.05, 3.63) is 47.5 Å². The molecule has 0 aliphatic carbocycles. The summed E-state index contributed by atoms with van der Waals surface area (Å²) in [6.45, 7) is 4.91. The highest BCUT2D eigenvalue weighted by Gasteiger charge is 2.12. The number of fused-ring (bicyclic) bond motifs is 1. The van der Waals surface area contributed by atoms with Crippen LogP contribution in [0, 0.1) is 11.3 Å². The highest BCUT2D eigenvalue weighted by molar-refractivity contribution is 6.02. The molecule has 7 nitrogen and oxygen atoms in total. The molecule has 0 bridgehead atoms. The molecule has 0 atom stereocenters. The van der Waals surface area contributed by atoms with Crippen LogP contribution in [0.3, 0.4) is 0 Å². The summed E-state index contributed by atoms with van der Waals surface area (Å²) in [6.07, 6.45) is 5.70. The SMILES string of the molecule is CCC(=O)OCCOCCNC(=O)/C(C#N)=C/c1ccc2cc(N3CCCCC3)ccc2c1. The van der Waals surface area contributed by atoms with Gasteiger partial charge in [-0.25, -0.2) is 0 Å². The summed E-state index contributed by atoms with van der Waals surface area (Å²) >= 11 is 0. The Bertz CT molecular complexity index is 1040. The molecule has 0 unspecified atom stereocenters. The highest BCUT2D eigenvalue weighted by atomic mass is 16.6. The minimum atomic E-state index is -0.445. The number of anilines is 1. The van der Waals surface area contributed by atoms with E-state index in [-0.39, 0.29) is 37.9 Å². The zero-order chi connectivity index (χ0) is 23.5. The molecule has 0 radical (unpaired) electrons. The first kappa shape index (κ1) is 24.3. The van der Waals surface area contributed by atoms with E-state index in [1.54, 1.807) is 13.0 Å². The molecule has 1 saturated heterocycles. The predicted molar refractivity (Wildman–Crippen MR) is 129 cm³/mol. The van der Waals surface area contributed by atoms with Crippen molar-refractivity contribution in [3.63, 3.8) is 0 Å². The van der Waals surface area contributed by atoms with Gasteiger partial charge in [0.15, 0.2) is 0 Å². The topological polar surface area (TPSA) is 91.7 Å². The van der Waals surface area contributed by atoms with Crippen LogP contribution in [0.5, 0.6) is 0 Å². The maximum atomic E-state index is 12.3. The summed E-state index contributed by atoms with van der Waals surface area (Å²) in [5.41, 5.74) is 2.08. The van der Waals surface area contributed by atoms with E-state index >= 15 is 0 Å². The van der Waals surface area contributed by atoms with Crippen molar-refractivity contribution >= 4 is 34.4 Å². The van der Waals surface area contributed by atoms with Crippen LogP contribution >= 0.6 is 0 Å². The van der Waals surface area contributed by atoms with Gasteiger partial charge in [0, 0.05) is 31.7 Å². The number of benzene rings is 2. The largest absolute Gasteiger partial charge is 0.463 e. The summed E-state index contributed by atoms with van der Waals surface area (Å²) < 4.78 is 10.2. The van der Waals surface area contributed by atoms with E-state index in [2.05, 4.69) is 28.4 Å². The summed E-state index contributed by atoms with van der Waals surface area (Å²) in [5, 5.41) is 14.3. The fourth-order valence-corrected chi connectivity index (χ4v) is 3.76. The molecule has 1 aliphatic rings. The van der Waals surface area contributed by atoms with Gasteiger partial charge in [0.2, 0.25) is 0 Å². The average Bonchev–Trinajstić information content (AvgIpc) is 2.86. The van der Waals surface area contributed by atoms with Crippen molar-refractivity contribution in [2.75, 3.05) is 44.4 Å². The molecular weight excluding hydrogens is 418 g/mol. The first-order valence-electron chi connectivity index (χ1n) is 11.5. The predicted octanol–water partition coefficient (Wildman–Crippen LogP) is 3.82. The first-order valence-corrected chi connectivity index (χ1v) is 11.5. The number of hydrogen-bond donors (Lipinski definition) is 1. The maximum absolute atomic E-state index is 12.3. The monoisotopic (exact) mass is 449 g/mol. The Morgan fingerprint density at radius 1 is 1.06 bits per heavy atom. The van der Waals surface area contributed by atoms with Crippen molar-refractivity contribution in [2.45, 2.75) is 32.6 Å². The Balaban J connectivity index is 1.53. The molecule has 174 valence electrons. The molecule has 1 N–H and O–H groups in total. The lowest BCUT2D eigenvalue weighted by Crippen LogP contribution is -2.29. The quantitative estimate of drug-likeness (QED) is 0.257. The molecule has 2 aromatic rings. The molecule has 33 heavy (non-hydrogen) atoms. The molecule has 1 heterocycles. The molecule has 0 saturated carbocycles. The normalized spacial score (nSPS) is 14.1. The molecule has 0 spiro atoms. The average molecular weight is 450 g/mol. The molecule has 3 rings (SSSR count). The summed E-state index contributed by atoms with van der Waals surface area (Å²) in [4.78, 5) is 25.8. The molecule has 7 heteroatoms. The standard InChI is InChI=1S/C26H31N3O4/c1-2-25(30)33-15-14-32-13-10-28-26(31)23(19-27)17-20-6-7-22-18-24(9-8-21(22)16-20)29-11-4-3-5-12-29/h6-9,16-18H,2-5,10-15H2,1H3,(H,28,31)/b23-17+. The lowest BCUT2D eigenvalue weighted by Gasteiger charge is -2.29. The molecule has 0 aromatic heterocycles. The van der Waals surface area contributed by atoms with E-state index in [9.17, 15) is 14.9 Å². The van der Waals surface area contributed by atoms with Crippen molar-refractivity contribution in [2.24, 2.45) is 0 Å². The van der Waals surface area contributed by atoms with Crippen LogP contribution in [0.4, 0.5) is 5.69 Å². The van der Waals surface area contributed by atoms with Crippen LogP contribution in [0.2, 0.25) is 0 Å². The highest BCUT2D eigenvalue weighted by Crippen LogP contribution is 2.26. The number of piperidine rings is 1. The number of nitrogens with zero attached hydrogens (tertiary/aromatic N) is 2. The van der Waals surface area contributed by atoms with Gasteiger partial charge in [-0.3, -0.25) is 9.59 Å². The van der Waals surface area contributed by atoms with Gasteiger partial charge < -0.3 is 19.7 Å². The molecule has 1 fully saturated rings. The van der Waals surface area contributed by atoms with Crippen LogP contribution in [0.15, 0.2) is 42.0 Å². The van der Waals surface area contributed by atoms with Gasteiger partial charge in [-0.15, -0.1) is 0 Å². The third kappa shape index (κ3) is 7.33. The number of carbonyl (C=O) groups excluding carboxylic acids is 2. The second-order valence-electron chi connectivity index (χ2n) is 7.95.